The molecular weight excluding hydrogens is 393 g/mol. The summed E-state index contributed by atoms with van der Waals surface area (Å²) in [5.74, 6) is 0.123. The molecule has 3 aromatic rings. The molecular formula is C25H30FN3O2. The number of halogens is 1. The van der Waals surface area contributed by atoms with Crippen molar-refractivity contribution in [2.75, 3.05) is 5.32 Å². The minimum Gasteiger partial charge on any atom is -0.436 e. The van der Waals surface area contributed by atoms with E-state index in [0.717, 1.165) is 29.5 Å². The maximum atomic E-state index is 13.3. The number of amides is 1. The van der Waals surface area contributed by atoms with Gasteiger partial charge in [0.2, 0.25) is 11.8 Å². The van der Waals surface area contributed by atoms with Crippen LogP contribution >= 0.6 is 0 Å². The lowest BCUT2D eigenvalue weighted by Gasteiger charge is -2.16. The zero-order chi connectivity index (χ0) is 22.5. The van der Waals surface area contributed by atoms with Crippen LogP contribution in [0.4, 0.5) is 10.1 Å². The Balaban J connectivity index is 0.00000118. The van der Waals surface area contributed by atoms with Gasteiger partial charge in [0, 0.05) is 13.3 Å². The van der Waals surface area contributed by atoms with Crippen LogP contribution in [0.2, 0.25) is 0 Å². The number of nitrogens with one attached hydrogen (secondary N) is 1. The lowest BCUT2D eigenvalue weighted by Crippen LogP contribution is -2.16. The lowest BCUT2D eigenvalue weighted by atomic mass is 10.0. The predicted molar refractivity (Wildman–Crippen MR) is 123 cm³/mol. The standard InChI is InChI=1S/C23H22FN3O2.C2H6.H2/c1-13-5-4-6-17(11-13)27-22(28)21-14(2)18(16-7-8-16)12-25-23(21)29-19-9-10-20(24)26-15(19)3;1-2;/h4-6,9-12,16H,7-8H2,1-3H3,(H,27,28);1-2H3;1H. The van der Waals surface area contributed by atoms with Crippen molar-refractivity contribution in [3.8, 4) is 11.6 Å². The summed E-state index contributed by atoms with van der Waals surface area (Å²) in [4.78, 5) is 21.4. The predicted octanol–water partition coefficient (Wildman–Crippen LogP) is 6.74. The molecule has 0 unspecified atom stereocenters. The fourth-order valence-electron chi connectivity index (χ4n) is 3.39. The van der Waals surface area contributed by atoms with Crippen molar-refractivity contribution in [2.24, 2.45) is 0 Å². The van der Waals surface area contributed by atoms with Gasteiger partial charge in [0.25, 0.3) is 5.91 Å². The highest BCUT2D eigenvalue weighted by Crippen LogP contribution is 2.43. The van der Waals surface area contributed by atoms with Crippen LogP contribution in [0.5, 0.6) is 11.6 Å². The molecule has 0 bridgehead atoms. The number of carbonyl (C=O) groups is 1. The number of carbonyl (C=O) groups excluding carboxylic acids is 1. The van der Waals surface area contributed by atoms with Gasteiger partial charge in [-0.15, -0.1) is 0 Å². The number of anilines is 1. The number of benzene rings is 1. The number of ether oxygens (including phenoxy) is 1. The molecule has 5 nitrogen and oxygen atoms in total. The molecule has 6 heteroatoms. The molecule has 0 aliphatic heterocycles. The number of aryl methyl sites for hydroxylation is 2. The smallest absolute Gasteiger partial charge is 0.261 e. The summed E-state index contributed by atoms with van der Waals surface area (Å²) in [6.45, 7) is 9.54. The van der Waals surface area contributed by atoms with Gasteiger partial charge in [-0.1, -0.05) is 26.0 Å². The van der Waals surface area contributed by atoms with E-state index in [9.17, 15) is 9.18 Å². The molecule has 0 atom stereocenters. The fraction of sp³-hybridized carbons (Fsp3) is 0.320. The molecule has 2 heterocycles. The van der Waals surface area contributed by atoms with E-state index in [1.54, 1.807) is 13.1 Å². The van der Waals surface area contributed by atoms with Gasteiger partial charge in [-0.05, 0) is 80.5 Å². The molecule has 1 aliphatic rings. The average molecular weight is 424 g/mol. The molecule has 4 rings (SSSR count). The fourth-order valence-corrected chi connectivity index (χ4v) is 3.39. The highest BCUT2D eigenvalue weighted by Gasteiger charge is 2.30. The van der Waals surface area contributed by atoms with Crippen LogP contribution in [0.3, 0.4) is 0 Å². The number of hydrogen-bond donors (Lipinski definition) is 1. The number of nitrogens with zero attached hydrogens (tertiary/aromatic N) is 2. The first-order valence-electron chi connectivity index (χ1n) is 10.6. The number of rotatable bonds is 5. The number of hydrogen-bond acceptors (Lipinski definition) is 4. The van der Waals surface area contributed by atoms with Gasteiger partial charge in [-0.3, -0.25) is 4.79 Å². The second-order valence-electron chi connectivity index (χ2n) is 7.44. The Kier molecular flexibility index (Phi) is 7.00. The molecule has 1 fully saturated rings. The van der Waals surface area contributed by atoms with E-state index in [1.807, 2.05) is 52.0 Å². The summed E-state index contributed by atoms with van der Waals surface area (Å²) in [6, 6.07) is 10.3. The van der Waals surface area contributed by atoms with Gasteiger partial charge in [0.15, 0.2) is 5.75 Å². The van der Waals surface area contributed by atoms with Gasteiger partial charge in [0.1, 0.15) is 5.56 Å². The van der Waals surface area contributed by atoms with Gasteiger partial charge >= 0.3 is 0 Å². The Morgan fingerprint density at radius 1 is 1.16 bits per heavy atom. The zero-order valence-corrected chi connectivity index (χ0v) is 18.6. The molecule has 164 valence electrons. The van der Waals surface area contributed by atoms with Gasteiger partial charge < -0.3 is 10.1 Å². The average Bonchev–Trinajstić information content (AvgIpc) is 3.57. The molecule has 1 aliphatic carbocycles. The Morgan fingerprint density at radius 3 is 2.55 bits per heavy atom. The van der Waals surface area contributed by atoms with E-state index in [4.69, 9.17) is 4.74 Å². The van der Waals surface area contributed by atoms with Crippen LogP contribution in [-0.4, -0.2) is 15.9 Å². The highest BCUT2D eigenvalue weighted by molar-refractivity contribution is 6.07. The third-order valence-electron chi connectivity index (χ3n) is 5.07. The van der Waals surface area contributed by atoms with Crippen LogP contribution in [0.25, 0.3) is 0 Å². The largest absolute Gasteiger partial charge is 0.436 e. The van der Waals surface area contributed by atoms with Crippen LogP contribution in [-0.2, 0) is 0 Å². The molecule has 0 saturated heterocycles. The Bertz CT molecular complexity index is 1100. The molecule has 31 heavy (non-hydrogen) atoms. The second-order valence-corrected chi connectivity index (χ2v) is 7.44. The van der Waals surface area contributed by atoms with Crippen molar-refractivity contribution in [3.05, 3.63) is 76.5 Å². The maximum absolute atomic E-state index is 13.3. The quantitative estimate of drug-likeness (QED) is 0.462. The van der Waals surface area contributed by atoms with Crippen molar-refractivity contribution in [3.63, 3.8) is 0 Å². The van der Waals surface area contributed by atoms with Crippen LogP contribution < -0.4 is 10.1 Å². The molecule has 1 N–H and O–H groups in total. The van der Waals surface area contributed by atoms with Gasteiger partial charge in [-0.25, -0.2) is 9.97 Å². The highest BCUT2D eigenvalue weighted by atomic mass is 19.1. The first kappa shape index (κ1) is 22.4. The summed E-state index contributed by atoms with van der Waals surface area (Å²) < 4.78 is 19.2. The summed E-state index contributed by atoms with van der Waals surface area (Å²) in [5, 5.41) is 2.94. The van der Waals surface area contributed by atoms with Crippen molar-refractivity contribution in [2.45, 2.75) is 53.4 Å². The van der Waals surface area contributed by atoms with Crippen molar-refractivity contribution >= 4 is 11.6 Å². The Hall–Kier alpha value is -3.28. The van der Waals surface area contributed by atoms with Gasteiger partial charge in [0.05, 0.1) is 5.69 Å². The topological polar surface area (TPSA) is 64.1 Å². The second kappa shape index (κ2) is 9.69. The maximum Gasteiger partial charge on any atom is 0.261 e. The van der Waals surface area contributed by atoms with Crippen molar-refractivity contribution in [1.82, 2.24) is 9.97 Å². The third kappa shape index (κ3) is 5.26. The van der Waals surface area contributed by atoms with Crippen molar-refractivity contribution in [1.29, 1.82) is 0 Å². The van der Waals surface area contributed by atoms with Crippen LogP contribution in [0.15, 0.2) is 42.6 Å². The monoisotopic (exact) mass is 423 g/mol. The summed E-state index contributed by atoms with van der Waals surface area (Å²) in [5.41, 5.74) is 4.46. The molecule has 2 aromatic heterocycles. The Labute approximate surface area is 184 Å². The first-order chi connectivity index (χ1) is 14.9. The molecule has 1 amide bonds. The number of aromatic nitrogens is 2. The van der Waals surface area contributed by atoms with E-state index >= 15 is 0 Å². The van der Waals surface area contributed by atoms with Crippen molar-refractivity contribution < 1.29 is 15.3 Å². The SMILES string of the molecule is CC.Cc1cccc(NC(=O)c2c(Oc3ccc(F)nc3C)ncc(C3CC3)c2C)c1.[HH]. The first-order valence-corrected chi connectivity index (χ1v) is 10.6. The summed E-state index contributed by atoms with van der Waals surface area (Å²) in [7, 11) is 0. The molecule has 1 aromatic carbocycles. The van der Waals surface area contributed by atoms with E-state index in [-0.39, 0.29) is 13.2 Å². The lowest BCUT2D eigenvalue weighted by molar-refractivity contribution is 0.102. The number of pyridine rings is 2. The van der Waals surface area contributed by atoms with E-state index < -0.39 is 5.95 Å². The zero-order valence-electron chi connectivity index (χ0n) is 18.6. The third-order valence-corrected chi connectivity index (χ3v) is 5.07. The van der Waals surface area contributed by atoms with Gasteiger partial charge in [-0.2, -0.15) is 4.39 Å². The van der Waals surface area contributed by atoms with E-state index in [0.29, 0.717) is 28.6 Å². The Morgan fingerprint density at radius 2 is 1.90 bits per heavy atom. The van der Waals surface area contributed by atoms with Crippen LogP contribution in [0, 0.1) is 26.7 Å². The minimum atomic E-state index is -0.583. The summed E-state index contributed by atoms with van der Waals surface area (Å²) >= 11 is 0. The van der Waals surface area contributed by atoms with Crippen LogP contribution in [0.1, 0.15) is 66.8 Å². The summed E-state index contributed by atoms with van der Waals surface area (Å²) in [6.07, 6.45) is 3.98. The molecule has 1 saturated carbocycles. The normalized spacial score (nSPS) is 12.6. The van der Waals surface area contributed by atoms with E-state index in [1.165, 1.54) is 12.1 Å². The minimum absolute atomic E-state index is 0. The molecule has 0 radical (unpaired) electrons. The molecule has 0 spiro atoms. The van der Waals surface area contributed by atoms with E-state index in [2.05, 4.69) is 15.3 Å².